The Morgan fingerprint density at radius 1 is 1.03 bits per heavy atom. The van der Waals surface area contributed by atoms with Crippen molar-refractivity contribution in [2.75, 3.05) is 34.3 Å². The second-order valence-corrected chi connectivity index (χ2v) is 9.88. The van der Waals surface area contributed by atoms with E-state index < -0.39 is 17.7 Å². The van der Waals surface area contributed by atoms with E-state index in [9.17, 15) is 19.8 Å². The van der Waals surface area contributed by atoms with E-state index in [1.807, 2.05) is 44.1 Å². The largest absolute Gasteiger partial charge is 0.507 e. The number of methoxy groups -OCH3 is 1. The molecule has 0 bridgehead atoms. The second-order valence-electron chi connectivity index (χ2n) is 9.88. The minimum atomic E-state index is -0.834. The highest BCUT2D eigenvalue weighted by Crippen LogP contribution is 2.42. The van der Waals surface area contributed by atoms with Crippen molar-refractivity contribution in [1.29, 1.82) is 0 Å². The third-order valence-electron chi connectivity index (χ3n) is 6.68. The number of Topliss-reactive ketones (excluding diaryl/α,β-unsaturated/α-hetero) is 1. The van der Waals surface area contributed by atoms with Crippen molar-refractivity contribution in [3.8, 4) is 17.2 Å². The molecule has 204 valence electrons. The number of rotatable bonds is 10. The van der Waals surface area contributed by atoms with Crippen molar-refractivity contribution in [3.63, 3.8) is 0 Å². The van der Waals surface area contributed by atoms with Crippen LogP contribution < -0.4 is 9.47 Å². The average Bonchev–Trinajstić information content (AvgIpc) is 3.17. The monoisotopic (exact) mass is 530 g/mol. The first kappa shape index (κ1) is 27.7. The van der Waals surface area contributed by atoms with E-state index in [1.165, 1.54) is 18.1 Å². The Labute approximate surface area is 228 Å². The lowest BCUT2D eigenvalue weighted by Gasteiger charge is -2.26. The third-order valence-corrected chi connectivity index (χ3v) is 6.68. The molecule has 1 unspecified atom stereocenters. The summed E-state index contributed by atoms with van der Waals surface area (Å²) in [6, 6.07) is 18.6. The van der Waals surface area contributed by atoms with Crippen molar-refractivity contribution >= 4 is 17.4 Å². The van der Waals surface area contributed by atoms with Crippen LogP contribution in [0, 0.1) is 6.92 Å². The Hall–Kier alpha value is -4.30. The highest BCUT2D eigenvalue weighted by molar-refractivity contribution is 6.46. The Bertz CT molecular complexity index is 1380. The minimum Gasteiger partial charge on any atom is -0.507 e. The smallest absolute Gasteiger partial charge is 0.295 e. The number of hydrogen-bond donors (Lipinski definition) is 2. The first-order valence-electron chi connectivity index (χ1n) is 12.8. The molecule has 0 spiro atoms. The van der Waals surface area contributed by atoms with Crippen molar-refractivity contribution in [3.05, 3.63) is 94.6 Å². The van der Waals surface area contributed by atoms with Crippen LogP contribution in [0.1, 0.15) is 34.7 Å². The molecule has 8 nitrogen and oxygen atoms in total. The lowest BCUT2D eigenvalue weighted by molar-refractivity contribution is -0.139. The first-order chi connectivity index (χ1) is 18.7. The number of carbonyl (C=O) groups is 2. The fourth-order valence-corrected chi connectivity index (χ4v) is 4.71. The summed E-state index contributed by atoms with van der Waals surface area (Å²) in [6.45, 7) is 3.46. The van der Waals surface area contributed by atoms with Gasteiger partial charge in [0, 0.05) is 12.1 Å². The summed E-state index contributed by atoms with van der Waals surface area (Å²) >= 11 is 0. The molecule has 0 radical (unpaired) electrons. The lowest BCUT2D eigenvalue weighted by Crippen LogP contribution is -2.32. The van der Waals surface area contributed by atoms with Crippen LogP contribution in [0.2, 0.25) is 0 Å². The Morgan fingerprint density at radius 3 is 2.44 bits per heavy atom. The summed E-state index contributed by atoms with van der Waals surface area (Å²) < 4.78 is 11.1. The fraction of sp³-hybridized carbons (Fsp3) is 0.290. The quantitative estimate of drug-likeness (QED) is 0.223. The zero-order valence-electron chi connectivity index (χ0n) is 22.7. The molecule has 4 rings (SSSR count). The van der Waals surface area contributed by atoms with Gasteiger partial charge in [0.2, 0.25) is 0 Å². The third kappa shape index (κ3) is 6.23. The van der Waals surface area contributed by atoms with Crippen LogP contribution in [0.4, 0.5) is 0 Å². The topological polar surface area (TPSA) is 99.5 Å². The summed E-state index contributed by atoms with van der Waals surface area (Å²) in [4.78, 5) is 29.9. The molecule has 1 heterocycles. The SMILES string of the molecule is COc1cc(C2/C(=C(\O)c3ccc(OCc4cccc(C)c4)cc3)C(=O)C(=O)N2CCCN(C)C)ccc1O. The van der Waals surface area contributed by atoms with Gasteiger partial charge >= 0.3 is 0 Å². The average molecular weight is 531 g/mol. The summed E-state index contributed by atoms with van der Waals surface area (Å²) in [5.74, 6) is -0.948. The number of benzene rings is 3. The Balaban J connectivity index is 1.66. The number of hydrogen-bond acceptors (Lipinski definition) is 7. The molecule has 1 saturated heterocycles. The van der Waals surface area contributed by atoms with E-state index in [-0.39, 0.29) is 22.8 Å². The van der Waals surface area contributed by atoms with Crippen LogP contribution in [-0.2, 0) is 16.2 Å². The lowest BCUT2D eigenvalue weighted by atomic mass is 9.95. The molecular weight excluding hydrogens is 496 g/mol. The zero-order chi connectivity index (χ0) is 28.1. The molecule has 3 aromatic carbocycles. The maximum atomic E-state index is 13.3. The number of aliphatic hydroxyl groups excluding tert-OH is 1. The van der Waals surface area contributed by atoms with Gasteiger partial charge in [-0.15, -0.1) is 0 Å². The molecule has 1 aliphatic rings. The fourth-order valence-electron chi connectivity index (χ4n) is 4.71. The van der Waals surface area contributed by atoms with Gasteiger partial charge in [-0.05, 0) is 81.5 Å². The molecule has 8 heteroatoms. The molecule has 0 saturated carbocycles. The molecule has 1 aliphatic heterocycles. The molecule has 3 aromatic rings. The van der Waals surface area contributed by atoms with E-state index in [4.69, 9.17) is 9.47 Å². The van der Waals surface area contributed by atoms with Crippen molar-refractivity contribution < 1.29 is 29.3 Å². The number of aromatic hydroxyl groups is 1. The number of ketones is 1. The number of ether oxygens (including phenoxy) is 2. The van der Waals surface area contributed by atoms with Crippen LogP contribution in [0.3, 0.4) is 0 Å². The zero-order valence-corrected chi connectivity index (χ0v) is 22.7. The summed E-state index contributed by atoms with van der Waals surface area (Å²) in [5.41, 5.74) is 3.12. The molecule has 1 atom stereocenters. The Kier molecular flexibility index (Phi) is 8.56. The van der Waals surface area contributed by atoms with Gasteiger partial charge < -0.3 is 29.5 Å². The maximum absolute atomic E-state index is 13.3. The highest BCUT2D eigenvalue weighted by Gasteiger charge is 2.46. The van der Waals surface area contributed by atoms with Gasteiger partial charge in [0.25, 0.3) is 11.7 Å². The van der Waals surface area contributed by atoms with Gasteiger partial charge in [0.1, 0.15) is 18.1 Å². The normalized spacial score (nSPS) is 16.6. The van der Waals surface area contributed by atoms with Crippen LogP contribution in [-0.4, -0.2) is 66.0 Å². The molecule has 0 aromatic heterocycles. The Morgan fingerprint density at radius 2 is 1.77 bits per heavy atom. The first-order valence-corrected chi connectivity index (χ1v) is 12.8. The number of phenols is 1. The summed E-state index contributed by atoms with van der Waals surface area (Å²) in [7, 11) is 5.30. The van der Waals surface area contributed by atoms with E-state index in [2.05, 4.69) is 6.07 Å². The highest BCUT2D eigenvalue weighted by atomic mass is 16.5. The maximum Gasteiger partial charge on any atom is 0.295 e. The predicted octanol–water partition coefficient (Wildman–Crippen LogP) is 4.66. The number of phenolic OH excluding ortho intramolecular Hbond substituents is 1. The van der Waals surface area contributed by atoms with Crippen LogP contribution in [0.25, 0.3) is 5.76 Å². The number of aliphatic hydroxyl groups is 1. The summed E-state index contributed by atoms with van der Waals surface area (Å²) in [6.07, 6.45) is 0.638. The molecule has 2 N–H and O–H groups in total. The van der Waals surface area contributed by atoms with Crippen molar-refractivity contribution in [1.82, 2.24) is 9.80 Å². The van der Waals surface area contributed by atoms with Crippen molar-refractivity contribution in [2.45, 2.75) is 26.0 Å². The van der Waals surface area contributed by atoms with Gasteiger partial charge in [-0.3, -0.25) is 9.59 Å². The summed E-state index contributed by atoms with van der Waals surface area (Å²) in [5, 5.41) is 21.4. The molecule has 39 heavy (non-hydrogen) atoms. The van der Waals surface area contributed by atoms with E-state index in [0.717, 1.165) is 17.7 Å². The molecule has 1 amide bonds. The van der Waals surface area contributed by atoms with Gasteiger partial charge in [-0.25, -0.2) is 0 Å². The van der Waals surface area contributed by atoms with E-state index >= 15 is 0 Å². The van der Waals surface area contributed by atoms with E-state index in [1.54, 1.807) is 36.4 Å². The van der Waals surface area contributed by atoms with E-state index in [0.29, 0.717) is 36.4 Å². The number of amides is 1. The van der Waals surface area contributed by atoms with Gasteiger partial charge in [-0.1, -0.05) is 35.9 Å². The minimum absolute atomic E-state index is 0.00831. The number of likely N-dealkylation sites (tertiary alicyclic amines) is 1. The number of carbonyl (C=O) groups excluding carboxylic acids is 2. The van der Waals surface area contributed by atoms with Crippen LogP contribution in [0.15, 0.2) is 72.3 Å². The number of aryl methyl sites for hydroxylation is 1. The van der Waals surface area contributed by atoms with Crippen molar-refractivity contribution in [2.24, 2.45) is 0 Å². The van der Waals surface area contributed by atoms with Gasteiger partial charge in [0.05, 0.1) is 18.7 Å². The molecular formula is C31H34N2O6. The predicted molar refractivity (Wildman–Crippen MR) is 149 cm³/mol. The number of nitrogens with zero attached hydrogens (tertiary/aromatic N) is 2. The second kappa shape index (κ2) is 12.0. The van der Waals surface area contributed by atoms with Gasteiger partial charge in [0.15, 0.2) is 11.5 Å². The van der Waals surface area contributed by atoms with Crippen LogP contribution >= 0.6 is 0 Å². The standard InChI is InChI=1S/C31H34N2O6/c1-20-7-5-8-21(17-20)19-39-24-12-9-22(10-13-24)29(35)27-28(23-11-14-25(34)26(18-23)38-4)33(31(37)30(27)36)16-6-15-32(2)3/h5,7-14,17-18,28,34-35H,6,15-16,19H2,1-4H3/b29-27+. The van der Waals surface area contributed by atoms with Crippen LogP contribution in [0.5, 0.6) is 17.2 Å². The molecule has 0 aliphatic carbocycles. The molecule has 1 fully saturated rings. The van der Waals surface area contributed by atoms with Gasteiger partial charge in [-0.2, -0.15) is 0 Å².